The van der Waals surface area contributed by atoms with Crippen molar-refractivity contribution >= 4 is 17.4 Å². The molecule has 0 fully saturated rings. The number of ether oxygens (including phenoxy) is 1. The Morgan fingerprint density at radius 2 is 1.84 bits per heavy atom. The Hall–Kier alpha value is -3.34. The number of benzene rings is 2. The van der Waals surface area contributed by atoms with Crippen LogP contribution in [0.5, 0.6) is 5.75 Å². The number of hydrogen-bond donors (Lipinski definition) is 2. The average Bonchev–Trinajstić information content (AvgIpc) is 2.72. The quantitative estimate of drug-likeness (QED) is 0.696. The molecule has 1 aliphatic carbocycles. The van der Waals surface area contributed by atoms with Gasteiger partial charge in [-0.3, -0.25) is 9.59 Å². The molecule has 0 radical (unpaired) electrons. The van der Waals surface area contributed by atoms with Gasteiger partial charge in [0.05, 0.1) is 12.8 Å². The van der Waals surface area contributed by atoms with Crippen LogP contribution in [0, 0.1) is 12.3 Å². The van der Waals surface area contributed by atoms with Crippen molar-refractivity contribution in [3.05, 3.63) is 82.2 Å². The number of aryl methyl sites for hydroxylation is 1. The smallest absolute Gasteiger partial charge is 0.254 e. The lowest BCUT2D eigenvalue weighted by atomic mass is 9.68. The second-order valence-electron chi connectivity index (χ2n) is 9.50. The predicted molar refractivity (Wildman–Crippen MR) is 126 cm³/mol. The van der Waals surface area contributed by atoms with Crippen molar-refractivity contribution in [3.63, 3.8) is 0 Å². The van der Waals surface area contributed by atoms with Gasteiger partial charge in [-0.25, -0.2) is 0 Å². The zero-order valence-corrected chi connectivity index (χ0v) is 19.3. The highest BCUT2D eigenvalue weighted by Crippen LogP contribution is 2.47. The molecule has 1 aliphatic heterocycles. The van der Waals surface area contributed by atoms with Crippen molar-refractivity contribution in [1.29, 1.82) is 0 Å². The molecule has 5 nitrogen and oxygen atoms in total. The Labute approximate surface area is 189 Å². The highest BCUT2D eigenvalue weighted by molar-refractivity contribution is 6.10. The van der Waals surface area contributed by atoms with Gasteiger partial charge in [-0.1, -0.05) is 55.8 Å². The van der Waals surface area contributed by atoms with Gasteiger partial charge in [-0.15, -0.1) is 0 Å². The van der Waals surface area contributed by atoms with Crippen LogP contribution in [0.15, 0.2) is 71.1 Å². The lowest BCUT2D eigenvalue weighted by Gasteiger charge is -2.39. The van der Waals surface area contributed by atoms with Crippen LogP contribution in [0.25, 0.3) is 0 Å². The van der Waals surface area contributed by atoms with Crippen LogP contribution in [0.1, 0.15) is 50.7 Å². The Kier molecular flexibility index (Phi) is 5.68. The molecule has 0 spiro atoms. The Morgan fingerprint density at radius 1 is 1.09 bits per heavy atom. The minimum atomic E-state index is -0.413. The first-order chi connectivity index (χ1) is 15.2. The summed E-state index contributed by atoms with van der Waals surface area (Å²) in [6.07, 6.45) is 1.24. The number of para-hydroxylation sites is 2. The summed E-state index contributed by atoms with van der Waals surface area (Å²) in [6, 6.07) is 15.4. The molecule has 0 bridgehead atoms. The first kappa shape index (κ1) is 21.9. The highest BCUT2D eigenvalue weighted by atomic mass is 16.5. The number of Topliss-reactive ketones (excluding diaryl/α,β-unsaturated/α-hetero) is 1. The number of ketones is 1. The van der Waals surface area contributed by atoms with Crippen molar-refractivity contribution in [2.24, 2.45) is 5.41 Å². The minimum absolute atomic E-state index is 0.102. The Bertz CT molecular complexity index is 1160. The van der Waals surface area contributed by atoms with E-state index >= 15 is 0 Å². The standard InChI is InChI=1S/C27H30N2O3/c1-16-9-8-10-18(13-16)24-23(26(31)29-19-11-6-7-12-22(19)32-5)17(2)28-20-14-27(3,4)15-21(30)25(20)24/h6-13,24,28H,14-15H2,1-5H3,(H,29,31). The summed E-state index contributed by atoms with van der Waals surface area (Å²) in [6.45, 7) is 8.16. The number of hydrogen-bond acceptors (Lipinski definition) is 4. The third-order valence-electron chi connectivity index (χ3n) is 6.21. The van der Waals surface area contributed by atoms with E-state index in [0.29, 0.717) is 29.0 Å². The summed E-state index contributed by atoms with van der Waals surface area (Å²) in [5, 5.41) is 6.42. The van der Waals surface area contributed by atoms with Crippen molar-refractivity contribution in [1.82, 2.24) is 5.32 Å². The average molecular weight is 431 g/mol. The molecular weight excluding hydrogens is 400 g/mol. The molecule has 32 heavy (non-hydrogen) atoms. The summed E-state index contributed by atoms with van der Waals surface area (Å²) in [5.74, 6) is 0.0374. The maximum atomic E-state index is 13.6. The lowest BCUT2D eigenvalue weighted by Crippen LogP contribution is -2.39. The maximum absolute atomic E-state index is 13.6. The van der Waals surface area contributed by atoms with Gasteiger partial charge in [-0.2, -0.15) is 0 Å². The van der Waals surface area contributed by atoms with Crippen molar-refractivity contribution < 1.29 is 14.3 Å². The van der Waals surface area contributed by atoms with E-state index in [2.05, 4.69) is 30.5 Å². The van der Waals surface area contributed by atoms with Crippen LogP contribution in [0.3, 0.4) is 0 Å². The van der Waals surface area contributed by atoms with Crippen LogP contribution in [0.4, 0.5) is 5.69 Å². The highest BCUT2D eigenvalue weighted by Gasteiger charge is 2.42. The van der Waals surface area contributed by atoms with E-state index in [1.807, 2.05) is 50.2 Å². The first-order valence-corrected chi connectivity index (χ1v) is 10.9. The molecule has 4 rings (SSSR count). The summed E-state index contributed by atoms with van der Waals surface area (Å²) in [4.78, 5) is 27.0. The molecule has 0 aromatic heterocycles. The van der Waals surface area contributed by atoms with Gasteiger partial charge in [0.2, 0.25) is 0 Å². The number of dihydropyridines is 1. The second kappa shape index (κ2) is 8.30. The number of allylic oxidation sites excluding steroid dienone is 3. The zero-order chi connectivity index (χ0) is 23.0. The number of nitrogens with one attached hydrogen (secondary N) is 2. The fourth-order valence-electron chi connectivity index (χ4n) is 4.86. The Morgan fingerprint density at radius 3 is 2.56 bits per heavy atom. The van der Waals surface area contributed by atoms with E-state index in [1.165, 1.54) is 0 Å². The maximum Gasteiger partial charge on any atom is 0.254 e. The van der Waals surface area contributed by atoms with E-state index in [0.717, 1.165) is 28.9 Å². The lowest BCUT2D eigenvalue weighted by molar-refractivity contribution is -0.118. The number of carbonyl (C=O) groups excluding carboxylic acids is 2. The van der Waals surface area contributed by atoms with Crippen molar-refractivity contribution in [3.8, 4) is 5.75 Å². The molecule has 2 aromatic rings. The normalized spacial score (nSPS) is 19.9. The molecule has 2 N–H and O–H groups in total. The van der Waals surface area contributed by atoms with E-state index in [4.69, 9.17) is 4.74 Å². The summed E-state index contributed by atoms with van der Waals surface area (Å²) >= 11 is 0. The van der Waals surface area contributed by atoms with Gasteiger partial charge in [0, 0.05) is 34.9 Å². The van der Waals surface area contributed by atoms with Crippen LogP contribution in [0.2, 0.25) is 0 Å². The fraction of sp³-hybridized carbons (Fsp3) is 0.333. The minimum Gasteiger partial charge on any atom is -0.495 e. The second-order valence-corrected chi connectivity index (χ2v) is 9.50. The van der Waals surface area contributed by atoms with E-state index in [9.17, 15) is 9.59 Å². The molecule has 1 atom stereocenters. The molecule has 166 valence electrons. The first-order valence-electron chi connectivity index (χ1n) is 10.9. The molecule has 5 heteroatoms. The van der Waals surface area contributed by atoms with Crippen molar-refractivity contribution in [2.75, 3.05) is 12.4 Å². The molecular formula is C27H30N2O3. The van der Waals surface area contributed by atoms with E-state index in [1.54, 1.807) is 13.2 Å². The molecule has 0 saturated carbocycles. The number of rotatable bonds is 4. The number of amides is 1. The van der Waals surface area contributed by atoms with Crippen LogP contribution in [-0.2, 0) is 9.59 Å². The van der Waals surface area contributed by atoms with Gasteiger partial charge in [0.25, 0.3) is 5.91 Å². The largest absolute Gasteiger partial charge is 0.495 e. The van der Waals surface area contributed by atoms with Gasteiger partial charge in [0.15, 0.2) is 5.78 Å². The predicted octanol–water partition coefficient (Wildman–Crippen LogP) is 5.25. The van der Waals surface area contributed by atoms with E-state index in [-0.39, 0.29) is 17.1 Å². The summed E-state index contributed by atoms with van der Waals surface area (Å²) < 4.78 is 5.40. The monoisotopic (exact) mass is 430 g/mol. The van der Waals surface area contributed by atoms with Crippen LogP contribution < -0.4 is 15.4 Å². The molecule has 1 heterocycles. The van der Waals surface area contributed by atoms with Gasteiger partial charge < -0.3 is 15.4 Å². The fourth-order valence-corrected chi connectivity index (χ4v) is 4.86. The van der Waals surface area contributed by atoms with Gasteiger partial charge in [0.1, 0.15) is 5.75 Å². The molecule has 2 aromatic carbocycles. The van der Waals surface area contributed by atoms with Gasteiger partial charge in [-0.05, 0) is 43.4 Å². The molecule has 1 amide bonds. The summed E-state index contributed by atoms with van der Waals surface area (Å²) in [5.41, 5.74) is 5.51. The third kappa shape index (κ3) is 4.07. The zero-order valence-electron chi connectivity index (χ0n) is 19.3. The van der Waals surface area contributed by atoms with Gasteiger partial charge >= 0.3 is 0 Å². The molecule has 0 saturated heterocycles. The molecule has 2 aliphatic rings. The number of anilines is 1. The van der Waals surface area contributed by atoms with E-state index < -0.39 is 5.92 Å². The Balaban J connectivity index is 1.82. The van der Waals surface area contributed by atoms with Crippen LogP contribution in [-0.4, -0.2) is 18.8 Å². The van der Waals surface area contributed by atoms with Crippen LogP contribution >= 0.6 is 0 Å². The molecule has 1 unspecified atom stereocenters. The number of carbonyl (C=O) groups is 2. The van der Waals surface area contributed by atoms with Crippen molar-refractivity contribution in [2.45, 2.75) is 46.5 Å². The number of methoxy groups -OCH3 is 1. The third-order valence-corrected chi connectivity index (χ3v) is 6.21. The summed E-state index contributed by atoms with van der Waals surface area (Å²) in [7, 11) is 1.58. The topological polar surface area (TPSA) is 67.4 Å². The SMILES string of the molecule is COc1ccccc1NC(=O)C1=C(C)NC2=C(C(=O)CC(C)(C)C2)C1c1cccc(C)c1.